The van der Waals surface area contributed by atoms with Crippen molar-refractivity contribution in [3.05, 3.63) is 20.8 Å². The van der Waals surface area contributed by atoms with E-state index in [0.29, 0.717) is 6.04 Å². The highest BCUT2D eigenvalue weighted by molar-refractivity contribution is 9.11. The summed E-state index contributed by atoms with van der Waals surface area (Å²) in [5, 5.41) is 0. The third-order valence-electron chi connectivity index (χ3n) is 4.53. The van der Waals surface area contributed by atoms with Gasteiger partial charge in [0, 0.05) is 17.0 Å². The Bertz CT molecular complexity index is 401. The molecule has 4 heteroatoms. The van der Waals surface area contributed by atoms with Crippen molar-refractivity contribution in [2.45, 2.75) is 70.5 Å². The van der Waals surface area contributed by atoms with Gasteiger partial charge in [-0.1, -0.05) is 33.1 Å². The van der Waals surface area contributed by atoms with E-state index in [1.165, 1.54) is 40.8 Å². The molecule has 2 rings (SSSR count). The Labute approximate surface area is 135 Å². The maximum atomic E-state index is 6.49. The van der Waals surface area contributed by atoms with Crippen LogP contribution in [0.25, 0.3) is 0 Å². The molecule has 1 aliphatic rings. The molecule has 2 nitrogen and oxygen atoms in total. The molecule has 0 radical (unpaired) electrons. The number of thiophene rings is 1. The first-order valence-electron chi connectivity index (χ1n) is 7.93. The zero-order chi connectivity index (χ0) is 14.5. The summed E-state index contributed by atoms with van der Waals surface area (Å²) in [7, 11) is 0. The third kappa shape index (κ3) is 3.85. The maximum Gasteiger partial charge on any atom is 0.0702 e. The molecule has 114 valence electrons. The van der Waals surface area contributed by atoms with Gasteiger partial charge in [-0.3, -0.25) is 4.90 Å². The van der Waals surface area contributed by atoms with Gasteiger partial charge in [0.15, 0.2) is 0 Å². The van der Waals surface area contributed by atoms with Crippen LogP contribution in [0.5, 0.6) is 0 Å². The number of likely N-dealkylation sites (N-methyl/N-ethyl adjacent to an activating group) is 1. The number of nitrogens with two attached hydrogens (primary N) is 1. The fourth-order valence-electron chi connectivity index (χ4n) is 3.43. The van der Waals surface area contributed by atoms with Gasteiger partial charge in [0.2, 0.25) is 0 Å². The molecule has 0 aliphatic heterocycles. The van der Waals surface area contributed by atoms with E-state index in [1.807, 2.05) is 11.3 Å². The smallest absolute Gasteiger partial charge is 0.0702 e. The normalized spacial score (nSPS) is 20.2. The Kier molecular flexibility index (Phi) is 6.53. The van der Waals surface area contributed by atoms with E-state index >= 15 is 0 Å². The average molecular weight is 359 g/mol. The zero-order valence-electron chi connectivity index (χ0n) is 12.6. The van der Waals surface area contributed by atoms with Crippen LogP contribution in [0.4, 0.5) is 0 Å². The monoisotopic (exact) mass is 358 g/mol. The van der Waals surface area contributed by atoms with Gasteiger partial charge in [0.25, 0.3) is 0 Å². The molecule has 2 N–H and O–H groups in total. The summed E-state index contributed by atoms with van der Waals surface area (Å²) in [4.78, 5) is 4.09. The molecular formula is C16H27BrN2S. The lowest BCUT2D eigenvalue weighted by atomic mass is 9.91. The second-order valence-electron chi connectivity index (χ2n) is 5.78. The highest BCUT2D eigenvalue weighted by Crippen LogP contribution is 2.36. The molecule has 0 spiro atoms. The van der Waals surface area contributed by atoms with Gasteiger partial charge in [-0.05, 0) is 53.9 Å². The summed E-state index contributed by atoms with van der Waals surface area (Å²) in [6.07, 6.45) is 7.87. The van der Waals surface area contributed by atoms with Crippen molar-refractivity contribution in [3.8, 4) is 0 Å². The van der Waals surface area contributed by atoms with Crippen molar-refractivity contribution in [2.75, 3.05) is 6.54 Å². The van der Waals surface area contributed by atoms with Gasteiger partial charge in [-0.25, -0.2) is 0 Å². The molecule has 1 saturated carbocycles. The predicted octanol–water partition coefficient (Wildman–Crippen LogP) is 4.94. The summed E-state index contributed by atoms with van der Waals surface area (Å²) in [5.74, 6) is 0. The zero-order valence-corrected chi connectivity index (χ0v) is 15.0. The lowest BCUT2D eigenvalue weighted by Gasteiger charge is -2.41. The first kappa shape index (κ1) is 16.5. The van der Waals surface area contributed by atoms with E-state index in [1.54, 1.807) is 0 Å². The van der Waals surface area contributed by atoms with Crippen molar-refractivity contribution in [2.24, 2.45) is 5.73 Å². The lowest BCUT2D eigenvalue weighted by molar-refractivity contribution is 0.0951. The van der Waals surface area contributed by atoms with Crippen LogP contribution in [0.1, 0.15) is 63.3 Å². The van der Waals surface area contributed by atoms with E-state index in [2.05, 4.69) is 46.8 Å². The molecule has 1 fully saturated rings. The van der Waals surface area contributed by atoms with Gasteiger partial charge < -0.3 is 5.73 Å². The highest BCUT2D eigenvalue weighted by Gasteiger charge is 2.31. The molecule has 1 aromatic rings. The Morgan fingerprint density at radius 3 is 2.50 bits per heavy atom. The largest absolute Gasteiger partial charge is 0.326 e. The van der Waals surface area contributed by atoms with Crippen LogP contribution in [0.15, 0.2) is 15.9 Å². The minimum Gasteiger partial charge on any atom is -0.326 e. The molecule has 0 amide bonds. The quantitative estimate of drug-likeness (QED) is 0.779. The van der Waals surface area contributed by atoms with Crippen LogP contribution in [0, 0.1) is 0 Å². The van der Waals surface area contributed by atoms with E-state index in [4.69, 9.17) is 5.73 Å². The van der Waals surface area contributed by atoms with Crippen LogP contribution in [0.3, 0.4) is 0 Å². The van der Waals surface area contributed by atoms with Crippen molar-refractivity contribution < 1.29 is 0 Å². The van der Waals surface area contributed by atoms with Gasteiger partial charge >= 0.3 is 0 Å². The van der Waals surface area contributed by atoms with Crippen molar-refractivity contribution in [1.82, 2.24) is 4.90 Å². The van der Waals surface area contributed by atoms with Crippen molar-refractivity contribution >= 4 is 27.3 Å². The summed E-state index contributed by atoms with van der Waals surface area (Å²) in [5.41, 5.74) is 6.49. The lowest BCUT2D eigenvalue weighted by Crippen LogP contribution is -2.46. The molecular weight excluding hydrogens is 332 g/mol. The number of hydrogen-bond acceptors (Lipinski definition) is 3. The van der Waals surface area contributed by atoms with Gasteiger partial charge in [-0.2, -0.15) is 0 Å². The van der Waals surface area contributed by atoms with Crippen LogP contribution >= 0.6 is 27.3 Å². The summed E-state index contributed by atoms with van der Waals surface area (Å²) < 4.78 is 1.21. The standard InChI is InChI=1S/C16H27BrN2S/c1-3-13(18)16(14-10-11-15(17)20-14)19(4-2)12-8-6-5-7-9-12/h10-13,16H,3-9,18H2,1-2H3. The van der Waals surface area contributed by atoms with E-state index in [9.17, 15) is 0 Å². The third-order valence-corrected chi connectivity index (χ3v) is 6.22. The predicted molar refractivity (Wildman–Crippen MR) is 92.3 cm³/mol. The average Bonchev–Trinajstić information content (AvgIpc) is 2.90. The second kappa shape index (κ2) is 7.92. The first-order chi connectivity index (χ1) is 9.67. The number of nitrogens with zero attached hydrogens (tertiary/aromatic N) is 1. The molecule has 1 aromatic heterocycles. The minimum absolute atomic E-state index is 0.224. The molecule has 0 saturated heterocycles. The fourth-order valence-corrected chi connectivity index (χ4v) is 5.05. The summed E-state index contributed by atoms with van der Waals surface area (Å²) in [6.45, 7) is 5.58. The van der Waals surface area contributed by atoms with Crippen LogP contribution in [0.2, 0.25) is 0 Å². The Morgan fingerprint density at radius 2 is 2.00 bits per heavy atom. The topological polar surface area (TPSA) is 29.3 Å². The number of halogens is 1. The van der Waals surface area contributed by atoms with Crippen molar-refractivity contribution in [1.29, 1.82) is 0 Å². The van der Waals surface area contributed by atoms with Crippen molar-refractivity contribution in [3.63, 3.8) is 0 Å². The molecule has 1 aliphatic carbocycles. The molecule has 0 aromatic carbocycles. The number of hydrogen-bond donors (Lipinski definition) is 1. The molecule has 0 bridgehead atoms. The fraction of sp³-hybridized carbons (Fsp3) is 0.750. The molecule has 2 unspecified atom stereocenters. The SMILES string of the molecule is CCC(N)C(c1ccc(Br)s1)N(CC)C1CCCCC1. The van der Waals surface area contributed by atoms with Crippen LogP contribution < -0.4 is 5.73 Å². The van der Waals surface area contributed by atoms with Gasteiger partial charge in [-0.15, -0.1) is 11.3 Å². The van der Waals surface area contributed by atoms with Crippen LogP contribution in [-0.4, -0.2) is 23.5 Å². The highest BCUT2D eigenvalue weighted by atomic mass is 79.9. The van der Waals surface area contributed by atoms with Crippen LogP contribution in [-0.2, 0) is 0 Å². The second-order valence-corrected chi connectivity index (χ2v) is 8.28. The molecule has 20 heavy (non-hydrogen) atoms. The molecule has 2 atom stereocenters. The Morgan fingerprint density at radius 1 is 1.30 bits per heavy atom. The Hall–Kier alpha value is 0.1000. The van der Waals surface area contributed by atoms with E-state index in [-0.39, 0.29) is 6.04 Å². The first-order valence-corrected chi connectivity index (χ1v) is 9.54. The maximum absolute atomic E-state index is 6.49. The Balaban J connectivity index is 2.23. The van der Waals surface area contributed by atoms with Gasteiger partial charge in [0.1, 0.15) is 0 Å². The van der Waals surface area contributed by atoms with E-state index < -0.39 is 0 Å². The van der Waals surface area contributed by atoms with E-state index in [0.717, 1.165) is 19.0 Å². The molecule has 1 heterocycles. The minimum atomic E-state index is 0.224. The summed E-state index contributed by atoms with van der Waals surface area (Å²) >= 11 is 5.44. The van der Waals surface area contributed by atoms with Gasteiger partial charge in [0.05, 0.1) is 9.83 Å². The summed E-state index contributed by atoms with van der Waals surface area (Å²) in [6, 6.07) is 5.73. The number of rotatable bonds is 6.